The number of allylic oxidation sites excluding steroid dienone is 1. The van der Waals surface area contributed by atoms with E-state index in [2.05, 4.69) is 68.9 Å². The van der Waals surface area contributed by atoms with Crippen molar-refractivity contribution in [1.82, 2.24) is 0 Å². The molecule has 0 saturated carbocycles. The maximum Gasteiger partial charge on any atom is -0.0323 e. The second-order valence-electron chi connectivity index (χ2n) is 11.5. The van der Waals surface area contributed by atoms with Gasteiger partial charge < -0.3 is 0 Å². The van der Waals surface area contributed by atoms with Gasteiger partial charge in [-0.05, 0) is 80.5 Å². The molecule has 0 N–H and O–H groups in total. The fourth-order valence-corrected chi connectivity index (χ4v) is 5.07. The average molecular weight is 407 g/mol. The van der Waals surface area contributed by atoms with Crippen molar-refractivity contribution in [2.45, 2.75) is 133 Å². The Hall–Kier alpha value is -0.260. The van der Waals surface area contributed by atoms with E-state index in [1.165, 1.54) is 76.2 Å². The lowest BCUT2D eigenvalue weighted by atomic mass is 9.79. The topological polar surface area (TPSA) is 0 Å². The summed E-state index contributed by atoms with van der Waals surface area (Å²) in [6.07, 6.45) is 15.3. The van der Waals surface area contributed by atoms with Crippen molar-refractivity contribution >= 4 is 0 Å². The molecule has 0 aliphatic rings. The van der Waals surface area contributed by atoms with E-state index in [-0.39, 0.29) is 0 Å². The minimum Gasteiger partial charge on any atom is -0.100 e. The molecule has 0 nitrogen and oxygen atoms in total. The van der Waals surface area contributed by atoms with E-state index in [0.29, 0.717) is 0 Å². The zero-order valence-corrected chi connectivity index (χ0v) is 22.0. The standard InChI is InChI=1S/C29H58/c1-11-24(6)20-29(19-23(4)5)21-25(7)15-13-12-14-16-26(8)28(10)27(9)18-17-22(2)3/h23-29H,2,11-21H2,1,3-10H3. The Bertz CT molecular complexity index is 393. The van der Waals surface area contributed by atoms with Crippen LogP contribution in [-0.2, 0) is 0 Å². The molecular weight excluding hydrogens is 348 g/mol. The van der Waals surface area contributed by atoms with Crippen LogP contribution in [-0.4, -0.2) is 0 Å². The van der Waals surface area contributed by atoms with Gasteiger partial charge in [0.1, 0.15) is 0 Å². The molecule has 0 aromatic carbocycles. The van der Waals surface area contributed by atoms with Crippen molar-refractivity contribution in [3.8, 4) is 0 Å². The monoisotopic (exact) mass is 406 g/mol. The van der Waals surface area contributed by atoms with Crippen LogP contribution in [0.3, 0.4) is 0 Å². The highest BCUT2D eigenvalue weighted by molar-refractivity contribution is 4.88. The third-order valence-corrected chi connectivity index (χ3v) is 7.65. The number of hydrogen-bond donors (Lipinski definition) is 0. The van der Waals surface area contributed by atoms with Crippen LogP contribution in [0.1, 0.15) is 133 Å². The van der Waals surface area contributed by atoms with E-state index in [1.807, 2.05) is 0 Å². The highest BCUT2D eigenvalue weighted by Crippen LogP contribution is 2.31. The van der Waals surface area contributed by atoms with E-state index < -0.39 is 0 Å². The molecule has 0 aliphatic heterocycles. The molecule has 0 fully saturated rings. The number of rotatable bonds is 18. The summed E-state index contributed by atoms with van der Waals surface area (Å²) < 4.78 is 0. The molecule has 6 atom stereocenters. The molecule has 0 radical (unpaired) electrons. The first-order chi connectivity index (χ1) is 13.6. The molecule has 0 heterocycles. The summed E-state index contributed by atoms with van der Waals surface area (Å²) in [6, 6.07) is 0. The van der Waals surface area contributed by atoms with Crippen LogP contribution in [0.25, 0.3) is 0 Å². The van der Waals surface area contributed by atoms with Crippen LogP contribution in [0.5, 0.6) is 0 Å². The predicted molar refractivity (Wildman–Crippen MR) is 135 cm³/mol. The molecule has 0 heteroatoms. The molecule has 0 saturated heterocycles. The molecule has 0 bridgehead atoms. The summed E-state index contributed by atoms with van der Waals surface area (Å²) in [6.45, 7) is 25.7. The van der Waals surface area contributed by atoms with Crippen LogP contribution in [0, 0.1) is 41.4 Å². The third kappa shape index (κ3) is 15.2. The molecule has 0 aromatic rings. The van der Waals surface area contributed by atoms with Gasteiger partial charge >= 0.3 is 0 Å². The SMILES string of the molecule is C=C(C)CCC(C)C(C)C(C)CCCCCC(C)CC(CC(C)C)CC(C)CC. The molecule has 6 unspecified atom stereocenters. The third-order valence-electron chi connectivity index (χ3n) is 7.65. The van der Waals surface area contributed by atoms with Crippen molar-refractivity contribution in [2.75, 3.05) is 0 Å². The second kappa shape index (κ2) is 16.4. The van der Waals surface area contributed by atoms with E-state index in [0.717, 1.165) is 41.4 Å². The van der Waals surface area contributed by atoms with Crippen LogP contribution in [0.2, 0.25) is 0 Å². The summed E-state index contributed by atoms with van der Waals surface area (Å²) in [4.78, 5) is 0. The highest BCUT2D eigenvalue weighted by Gasteiger charge is 2.19. The number of unbranched alkanes of at least 4 members (excludes halogenated alkanes) is 2. The lowest BCUT2D eigenvalue weighted by Crippen LogP contribution is -2.17. The van der Waals surface area contributed by atoms with Crippen molar-refractivity contribution in [3.63, 3.8) is 0 Å². The minimum absolute atomic E-state index is 0.824. The Kier molecular flexibility index (Phi) is 16.3. The molecule has 29 heavy (non-hydrogen) atoms. The zero-order chi connectivity index (χ0) is 22.4. The Balaban J connectivity index is 4.08. The summed E-state index contributed by atoms with van der Waals surface area (Å²) >= 11 is 0. The van der Waals surface area contributed by atoms with E-state index >= 15 is 0 Å². The van der Waals surface area contributed by atoms with Gasteiger partial charge in [0.2, 0.25) is 0 Å². The normalized spacial score (nSPS) is 18.3. The first kappa shape index (κ1) is 28.7. The van der Waals surface area contributed by atoms with Crippen molar-refractivity contribution in [1.29, 1.82) is 0 Å². The van der Waals surface area contributed by atoms with Crippen LogP contribution >= 0.6 is 0 Å². The molecule has 174 valence electrons. The molecular formula is C29H58. The summed E-state index contributed by atoms with van der Waals surface area (Å²) in [7, 11) is 0. The van der Waals surface area contributed by atoms with Crippen LogP contribution in [0.15, 0.2) is 12.2 Å². The van der Waals surface area contributed by atoms with Gasteiger partial charge in [0.15, 0.2) is 0 Å². The Morgan fingerprint density at radius 3 is 1.79 bits per heavy atom. The van der Waals surface area contributed by atoms with E-state index in [4.69, 9.17) is 0 Å². The van der Waals surface area contributed by atoms with E-state index in [9.17, 15) is 0 Å². The van der Waals surface area contributed by atoms with Crippen LogP contribution in [0.4, 0.5) is 0 Å². The van der Waals surface area contributed by atoms with Crippen molar-refractivity contribution in [2.24, 2.45) is 41.4 Å². The summed E-state index contributed by atoms with van der Waals surface area (Å²) in [5.74, 6) is 6.11. The smallest absolute Gasteiger partial charge is 0.0323 e. The van der Waals surface area contributed by atoms with Gasteiger partial charge in [-0.1, -0.05) is 99.5 Å². The van der Waals surface area contributed by atoms with Gasteiger partial charge in [-0.15, -0.1) is 6.58 Å². The maximum atomic E-state index is 4.07. The predicted octanol–water partition coefficient (Wildman–Crippen LogP) is 10.3. The van der Waals surface area contributed by atoms with Gasteiger partial charge in [0.25, 0.3) is 0 Å². The van der Waals surface area contributed by atoms with Gasteiger partial charge in [-0.25, -0.2) is 0 Å². The van der Waals surface area contributed by atoms with Gasteiger partial charge in [0, 0.05) is 0 Å². The highest BCUT2D eigenvalue weighted by atomic mass is 14.2. The largest absolute Gasteiger partial charge is 0.100 e. The zero-order valence-electron chi connectivity index (χ0n) is 22.0. The Labute approximate surface area is 186 Å². The first-order valence-electron chi connectivity index (χ1n) is 13.2. The Morgan fingerprint density at radius 1 is 0.690 bits per heavy atom. The Morgan fingerprint density at radius 2 is 1.24 bits per heavy atom. The summed E-state index contributed by atoms with van der Waals surface area (Å²) in [5, 5.41) is 0. The van der Waals surface area contributed by atoms with Gasteiger partial charge in [-0.3, -0.25) is 0 Å². The molecule has 0 rings (SSSR count). The van der Waals surface area contributed by atoms with Crippen molar-refractivity contribution < 1.29 is 0 Å². The van der Waals surface area contributed by atoms with Crippen molar-refractivity contribution in [3.05, 3.63) is 12.2 Å². The first-order valence-corrected chi connectivity index (χ1v) is 13.2. The fraction of sp³-hybridized carbons (Fsp3) is 0.931. The molecule has 0 amide bonds. The average Bonchev–Trinajstić information content (AvgIpc) is 2.64. The lowest BCUT2D eigenvalue weighted by Gasteiger charge is -2.27. The van der Waals surface area contributed by atoms with E-state index in [1.54, 1.807) is 0 Å². The maximum absolute atomic E-state index is 4.07. The van der Waals surface area contributed by atoms with Gasteiger partial charge in [-0.2, -0.15) is 0 Å². The molecule has 0 aliphatic carbocycles. The molecule has 0 spiro atoms. The second-order valence-corrected chi connectivity index (χ2v) is 11.5. The lowest BCUT2D eigenvalue weighted by molar-refractivity contribution is 0.246. The minimum atomic E-state index is 0.824. The summed E-state index contributed by atoms with van der Waals surface area (Å²) in [5.41, 5.74) is 1.34. The molecule has 0 aromatic heterocycles. The fourth-order valence-electron chi connectivity index (χ4n) is 5.07. The van der Waals surface area contributed by atoms with Gasteiger partial charge in [0.05, 0.1) is 0 Å². The number of hydrogen-bond acceptors (Lipinski definition) is 0. The quantitative estimate of drug-likeness (QED) is 0.157. The van der Waals surface area contributed by atoms with Crippen LogP contribution < -0.4 is 0 Å².